The smallest absolute Gasteiger partial charge is 0.306 e. The molecule has 0 N–H and O–H groups in total. The van der Waals surface area contributed by atoms with Crippen molar-refractivity contribution in [1.29, 1.82) is 0 Å². The summed E-state index contributed by atoms with van der Waals surface area (Å²) in [7, 11) is 0. The van der Waals surface area contributed by atoms with Crippen LogP contribution in [0.2, 0.25) is 0 Å². The van der Waals surface area contributed by atoms with E-state index in [0.29, 0.717) is 19.3 Å². The predicted octanol–water partition coefficient (Wildman–Crippen LogP) is 24.0. The number of hydrogen-bond acceptors (Lipinski definition) is 6. The Hall–Kier alpha value is -3.67. The summed E-state index contributed by atoms with van der Waals surface area (Å²) >= 11 is 0. The van der Waals surface area contributed by atoms with Gasteiger partial charge in [0.2, 0.25) is 0 Å². The molecule has 0 aromatic heterocycles. The summed E-state index contributed by atoms with van der Waals surface area (Å²) in [5.41, 5.74) is 0. The average molecular weight is 1130 g/mol. The van der Waals surface area contributed by atoms with Crippen molar-refractivity contribution in [3.63, 3.8) is 0 Å². The highest BCUT2D eigenvalue weighted by atomic mass is 16.6. The standard InChI is InChI=1S/C75H130O6/c1-4-7-10-13-16-18-20-22-24-26-28-30-32-34-36-37-39-40-42-44-46-48-50-52-54-56-59-62-65-68-74(77)80-71-72(70-79-73(76)67-64-61-58-15-12-9-6-3)81-75(78)69-66-63-60-57-55-53-51-49-47-45-43-41-38-35-33-31-29-27-25-23-21-19-17-14-11-8-5-2/h7-8,10-11,16-19,22-25,28-31,72H,4-6,9,12-15,20-21,26-27,32-71H2,1-3H3/b10-7-,11-8-,18-16-,19-17-,24-22-,25-23-,30-28-,31-29-. The van der Waals surface area contributed by atoms with Gasteiger partial charge in [-0.1, -0.05) is 323 Å². The molecule has 0 aliphatic carbocycles. The third kappa shape index (κ3) is 67.0. The molecule has 0 fully saturated rings. The minimum Gasteiger partial charge on any atom is -0.462 e. The van der Waals surface area contributed by atoms with Gasteiger partial charge < -0.3 is 14.2 Å². The van der Waals surface area contributed by atoms with E-state index in [1.54, 1.807) is 0 Å². The maximum atomic E-state index is 12.9. The lowest BCUT2D eigenvalue weighted by Gasteiger charge is -2.18. The number of esters is 3. The lowest BCUT2D eigenvalue weighted by molar-refractivity contribution is -0.167. The minimum atomic E-state index is -0.774. The molecule has 0 bridgehead atoms. The maximum Gasteiger partial charge on any atom is 0.306 e. The molecule has 81 heavy (non-hydrogen) atoms. The highest BCUT2D eigenvalue weighted by Gasteiger charge is 2.19. The fraction of sp³-hybridized carbons (Fsp3) is 0.747. The molecule has 0 aliphatic rings. The van der Waals surface area contributed by atoms with Gasteiger partial charge in [0.25, 0.3) is 0 Å². The molecule has 1 atom stereocenters. The fourth-order valence-corrected chi connectivity index (χ4v) is 9.96. The van der Waals surface area contributed by atoms with Crippen LogP contribution in [0.1, 0.15) is 342 Å². The van der Waals surface area contributed by atoms with Crippen LogP contribution in [0.5, 0.6) is 0 Å². The van der Waals surface area contributed by atoms with Crippen LogP contribution < -0.4 is 0 Å². The lowest BCUT2D eigenvalue weighted by atomic mass is 10.0. The summed E-state index contributed by atoms with van der Waals surface area (Å²) in [6, 6.07) is 0. The number of allylic oxidation sites excluding steroid dienone is 16. The zero-order valence-electron chi connectivity index (χ0n) is 53.5. The van der Waals surface area contributed by atoms with Crippen molar-refractivity contribution in [1.82, 2.24) is 0 Å². The average Bonchev–Trinajstić information content (AvgIpc) is 3.47. The second-order valence-corrected chi connectivity index (χ2v) is 23.0. The van der Waals surface area contributed by atoms with E-state index in [0.717, 1.165) is 109 Å². The summed E-state index contributed by atoms with van der Waals surface area (Å²) < 4.78 is 16.9. The summed E-state index contributed by atoms with van der Waals surface area (Å²) in [6.45, 7) is 6.41. The normalized spacial score (nSPS) is 12.7. The first kappa shape index (κ1) is 77.3. The van der Waals surface area contributed by atoms with Crippen molar-refractivity contribution in [3.8, 4) is 0 Å². The molecule has 0 radical (unpaired) electrons. The first-order chi connectivity index (χ1) is 40.0. The van der Waals surface area contributed by atoms with Gasteiger partial charge in [-0.3, -0.25) is 14.4 Å². The predicted molar refractivity (Wildman–Crippen MR) is 353 cm³/mol. The highest BCUT2D eigenvalue weighted by molar-refractivity contribution is 5.71. The fourth-order valence-electron chi connectivity index (χ4n) is 9.96. The Morgan fingerprint density at radius 2 is 0.481 bits per heavy atom. The second kappa shape index (κ2) is 68.8. The zero-order valence-corrected chi connectivity index (χ0v) is 53.5. The lowest BCUT2D eigenvalue weighted by Crippen LogP contribution is -2.30. The van der Waals surface area contributed by atoms with Crippen molar-refractivity contribution in [2.75, 3.05) is 13.2 Å². The van der Waals surface area contributed by atoms with Crippen LogP contribution in [0.15, 0.2) is 97.2 Å². The molecule has 0 aromatic carbocycles. The van der Waals surface area contributed by atoms with Gasteiger partial charge in [-0.05, 0) is 96.3 Å². The maximum absolute atomic E-state index is 12.9. The van der Waals surface area contributed by atoms with Gasteiger partial charge in [0, 0.05) is 19.3 Å². The molecule has 0 aliphatic heterocycles. The third-order valence-electron chi connectivity index (χ3n) is 15.1. The number of ether oxygens (including phenoxy) is 3. The molecule has 6 heteroatoms. The Morgan fingerprint density at radius 3 is 0.753 bits per heavy atom. The van der Waals surface area contributed by atoms with Gasteiger partial charge in [0.15, 0.2) is 6.10 Å². The van der Waals surface area contributed by atoms with Crippen molar-refractivity contribution < 1.29 is 28.6 Å². The minimum absolute atomic E-state index is 0.0731. The van der Waals surface area contributed by atoms with E-state index in [9.17, 15) is 14.4 Å². The summed E-state index contributed by atoms with van der Waals surface area (Å²) in [5, 5.41) is 0. The first-order valence-electron chi connectivity index (χ1n) is 34.7. The number of hydrogen-bond donors (Lipinski definition) is 0. The highest BCUT2D eigenvalue weighted by Crippen LogP contribution is 2.18. The molecule has 0 spiro atoms. The van der Waals surface area contributed by atoms with E-state index in [1.165, 1.54) is 193 Å². The quantitative estimate of drug-likeness (QED) is 0.0261. The molecule has 0 aromatic rings. The molecule has 0 saturated carbocycles. The molecule has 0 amide bonds. The molecular weight excluding hydrogens is 997 g/mol. The van der Waals surface area contributed by atoms with E-state index in [2.05, 4.69) is 118 Å². The van der Waals surface area contributed by atoms with Gasteiger partial charge in [-0.2, -0.15) is 0 Å². The second-order valence-electron chi connectivity index (χ2n) is 23.0. The Bertz CT molecular complexity index is 1580. The number of unbranched alkanes of at least 4 members (excludes halogenated alkanes) is 36. The van der Waals surface area contributed by atoms with E-state index >= 15 is 0 Å². The van der Waals surface area contributed by atoms with Gasteiger partial charge in [-0.25, -0.2) is 0 Å². The molecule has 0 saturated heterocycles. The molecular formula is C75H130O6. The Morgan fingerprint density at radius 1 is 0.259 bits per heavy atom. The number of carbonyl (C=O) groups excluding carboxylic acids is 3. The van der Waals surface area contributed by atoms with Crippen LogP contribution in [0.4, 0.5) is 0 Å². The van der Waals surface area contributed by atoms with E-state index < -0.39 is 6.10 Å². The molecule has 0 heterocycles. The first-order valence-corrected chi connectivity index (χ1v) is 34.7. The monoisotopic (exact) mass is 1130 g/mol. The summed E-state index contributed by atoms with van der Waals surface area (Å²) in [6.07, 6.45) is 93.2. The Labute approximate surface area is 502 Å². The number of rotatable bonds is 63. The largest absolute Gasteiger partial charge is 0.462 e. The Balaban J connectivity index is 4.06. The summed E-state index contributed by atoms with van der Waals surface area (Å²) in [4.78, 5) is 38.2. The van der Waals surface area contributed by atoms with Crippen LogP contribution in [-0.2, 0) is 28.6 Å². The Kier molecular flexibility index (Phi) is 65.7. The molecule has 466 valence electrons. The zero-order chi connectivity index (χ0) is 58.5. The van der Waals surface area contributed by atoms with Crippen molar-refractivity contribution in [3.05, 3.63) is 97.2 Å². The van der Waals surface area contributed by atoms with Gasteiger partial charge in [0.05, 0.1) is 0 Å². The van der Waals surface area contributed by atoms with Crippen LogP contribution >= 0.6 is 0 Å². The third-order valence-corrected chi connectivity index (χ3v) is 15.1. The molecule has 6 nitrogen and oxygen atoms in total. The molecule has 0 rings (SSSR count). The molecule has 1 unspecified atom stereocenters. The van der Waals surface area contributed by atoms with E-state index in [4.69, 9.17) is 14.2 Å². The summed E-state index contributed by atoms with van der Waals surface area (Å²) in [5.74, 6) is -0.865. The SMILES string of the molecule is CC/C=C\C/C=C\C/C=C\C/C=C\CCCCCCCCCCCCCCCCCCC(=O)OCC(COC(=O)CCCCCCCCC)OC(=O)CCCCCCCCCCCCCCCC/C=C\C/C=C\C/C=C\C/C=C\CC. The van der Waals surface area contributed by atoms with Crippen LogP contribution in [-0.4, -0.2) is 37.2 Å². The van der Waals surface area contributed by atoms with Crippen LogP contribution in [0, 0.1) is 0 Å². The number of carbonyl (C=O) groups is 3. The van der Waals surface area contributed by atoms with E-state index in [1.807, 2.05) is 0 Å². The van der Waals surface area contributed by atoms with Crippen LogP contribution in [0.3, 0.4) is 0 Å². The van der Waals surface area contributed by atoms with Crippen LogP contribution in [0.25, 0.3) is 0 Å². The van der Waals surface area contributed by atoms with Gasteiger partial charge >= 0.3 is 17.9 Å². The van der Waals surface area contributed by atoms with Gasteiger partial charge in [-0.15, -0.1) is 0 Å². The van der Waals surface area contributed by atoms with Crippen molar-refractivity contribution >= 4 is 17.9 Å². The topological polar surface area (TPSA) is 78.9 Å². The van der Waals surface area contributed by atoms with E-state index in [-0.39, 0.29) is 31.1 Å². The van der Waals surface area contributed by atoms with Crippen molar-refractivity contribution in [2.45, 2.75) is 348 Å². The van der Waals surface area contributed by atoms with Gasteiger partial charge in [0.1, 0.15) is 13.2 Å². The van der Waals surface area contributed by atoms with Crippen molar-refractivity contribution in [2.24, 2.45) is 0 Å².